The summed E-state index contributed by atoms with van der Waals surface area (Å²) in [6.45, 7) is 2.17. The molecule has 4 nitrogen and oxygen atoms in total. The first-order chi connectivity index (χ1) is 12.7. The molecule has 136 valence electrons. The van der Waals surface area contributed by atoms with Crippen LogP contribution in [0, 0.1) is 5.41 Å². The Morgan fingerprint density at radius 1 is 1.19 bits per heavy atom. The molecule has 0 aliphatic carbocycles. The molecule has 2 aliphatic rings. The van der Waals surface area contributed by atoms with Crippen molar-refractivity contribution in [2.45, 2.75) is 25.8 Å². The standard InChI is InChI=1S/C21H23ClN2O2/c1-25-18-5-6-19-16(12-18)13-21(7-9-26-10-8-21)20(24-19)23-14-15-3-2-4-17(22)11-15/h2-6,11-12H,7-10,13-14H2,1H3,(H,23,24). The Morgan fingerprint density at radius 3 is 2.81 bits per heavy atom. The second-order valence-electron chi connectivity index (χ2n) is 7.01. The van der Waals surface area contributed by atoms with E-state index >= 15 is 0 Å². The first-order valence-electron chi connectivity index (χ1n) is 9.00. The van der Waals surface area contributed by atoms with Crippen molar-refractivity contribution in [2.75, 3.05) is 25.6 Å². The van der Waals surface area contributed by atoms with Crippen molar-refractivity contribution in [1.82, 2.24) is 0 Å². The van der Waals surface area contributed by atoms with Gasteiger partial charge in [0.25, 0.3) is 0 Å². The van der Waals surface area contributed by atoms with Crippen molar-refractivity contribution in [3.63, 3.8) is 0 Å². The lowest BCUT2D eigenvalue weighted by molar-refractivity contribution is 0.0448. The fourth-order valence-electron chi connectivity index (χ4n) is 3.86. The lowest BCUT2D eigenvalue weighted by atomic mass is 9.71. The van der Waals surface area contributed by atoms with Crippen LogP contribution in [0.15, 0.2) is 47.5 Å². The van der Waals surface area contributed by atoms with Gasteiger partial charge in [-0.15, -0.1) is 0 Å². The summed E-state index contributed by atoms with van der Waals surface area (Å²) in [6.07, 6.45) is 2.92. The van der Waals surface area contributed by atoms with Crippen LogP contribution < -0.4 is 10.1 Å². The normalized spacial score (nSPS) is 19.8. The molecule has 2 aliphatic heterocycles. The van der Waals surface area contributed by atoms with E-state index in [1.807, 2.05) is 24.3 Å². The third kappa shape index (κ3) is 3.44. The number of hydrogen-bond acceptors (Lipinski definition) is 3. The minimum absolute atomic E-state index is 0.0101. The molecule has 0 amide bonds. The van der Waals surface area contributed by atoms with E-state index in [2.05, 4.69) is 23.5 Å². The molecule has 4 rings (SSSR count). The van der Waals surface area contributed by atoms with Crippen LogP contribution in [0.4, 0.5) is 5.69 Å². The summed E-state index contributed by atoms with van der Waals surface area (Å²) in [4.78, 5) is 4.97. The minimum Gasteiger partial charge on any atom is -0.497 e. The maximum atomic E-state index is 6.11. The topological polar surface area (TPSA) is 42.9 Å². The zero-order chi connectivity index (χ0) is 18.0. The minimum atomic E-state index is 0.0101. The highest BCUT2D eigenvalue weighted by molar-refractivity contribution is 6.30. The largest absolute Gasteiger partial charge is 0.497 e. The smallest absolute Gasteiger partial charge is 0.119 e. The Balaban J connectivity index is 1.67. The Kier molecular flexibility index (Phi) is 4.88. The number of anilines is 1. The van der Waals surface area contributed by atoms with Gasteiger partial charge in [-0.3, -0.25) is 4.99 Å². The predicted octanol–water partition coefficient (Wildman–Crippen LogP) is 4.71. The molecule has 1 fully saturated rings. The second-order valence-corrected chi connectivity index (χ2v) is 7.45. The molecule has 0 unspecified atom stereocenters. The van der Waals surface area contributed by atoms with Gasteiger partial charge >= 0.3 is 0 Å². The molecule has 2 heterocycles. The number of benzene rings is 2. The average Bonchev–Trinajstić information content (AvgIpc) is 2.66. The SMILES string of the molecule is COc1ccc2c(c1)CC1(CCOCC1)C(=NCc1cccc(Cl)c1)N2. The molecule has 5 heteroatoms. The summed E-state index contributed by atoms with van der Waals surface area (Å²) >= 11 is 6.11. The number of amidine groups is 1. The number of fused-ring (bicyclic) bond motifs is 1. The Bertz CT molecular complexity index is 829. The van der Waals surface area contributed by atoms with E-state index in [-0.39, 0.29) is 5.41 Å². The summed E-state index contributed by atoms with van der Waals surface area (Å²) in [5.74, 6) is 1.96. The predicted molar refractivity (Wildman–Crippen MR) is 105 cm³/mol. The molecular weight excluding hydrogens is 348 g/mol. The van der Waals surface area contributed by atoms with Crippen LogP contribution in [-0.4, -0.2) is 26.2 Å². The number of aliphatic imine (C=N–C) groups is 1. The van der Waals surface area contributed by atoms with Crippen LogP contribution in [0.1, 0.15) is 24.0 Å². The summed E-state index contributed by atoms with van der Waals surface area (Å²) in [7, 11) is 1.71. The summed E-state index contributed by atoms with van der Waals surface area (Å²) in [5.41, 5.74) is 3.53. The average molecular weight is 371 g/mol. The van der Waals surface area contributed by atoms with Gasteiger partial charge in [0.2, 0.25) is 0 Å². The van der Waals surface area contributed by atoms with Gasteiger partial charge < -0.3 is 14.8 Å². The molecule has 1 spiro atoms. The molecule has 0 bridgehead atoms. The van der Waals surface area contributed by atoms with Gasteiger partial charge in [0.05, 0.1) is 13.7 Å². The Labute approximate surface area is 159 Å². The highest BCUT2D eigenvalue weighted by atomic mass is 35.5. The first kappa shape index (κ1) is 17.4. The number of methoxy groups -OCH3 is 1. The van der Waals surface area contributed by atoms with Gasteiger partial charge in [-0.1, -0.05) is 23.7 Å². The third-order valence-electron chi connectivity index (χ3n) is 5.36. The van der Waals surface area contributed by atoms with E-state index in [0.717, 1.165) is 60.3 Å². The number of hydrogen-bond donors (Lipinski definition) is 1. The van der Waals surface area contributed by atoms with Gasteiger partial charge in [0.1, 0.15) is 11.6 Å². The van der Waals surface area contributed by atoms with Gasteiger partial charge in [-0.2, -0.15) is 0 Å². The van der Waals surface area contributed by atoms with Crippen molar-refractivity contribution in [2.24, 2.45) is 10.4 Å². The lowest BCUT2D eigenvalue weighted by Crippen LogP contribution is -2.45. The van der Waals surface area contributed by atoms with E-state index in [1.165, 1.54) is 5.56 Å². The van der Waals surface area contributed by atoms with E-state index < -0.39 is 0 Å². The van der Waals surface area contributed by atoms with Crippen LogP contribution in [0.25, 0.3) is 0 Å². The van der Waals surface area contributed by atoms with E-state index in [9.17, 15) is 0 Å². The zero-order valence-electron chi connectivity index (χ0n) is 14.9. The van der Waals surface area contributed by atoms with Crippen LogP contribution in [0.5, 0.6) is 5.75 Å². The van der Waals surface area contributed by atoms with Crippen molar-refractivity contribution in [3.8, 4) is 5.75 Å². The molecule has 1 saturated heterocycles. The van der Waals surface area contributed by atoms with Gasteiger partial charge in [0, 0.05) is 29.3 Å². The van der Waals surface area contributed by atoms with Crippen molar-refractivity contribution in [3.05, 3.63) is 58.6 Å². The first-order valence-corrected chi connectivity index (χ1v) is 9.37. The molecule has 2 aromatic carbocycles. The molecular formula is C21H23ClN2O2. The molecule has 1 N–H and O–H groups in total. The number of rotatable bonds is 3. The van der Waals surface area contributed by atoms with Crippen LogP contribution in [0.3, 0.4) is 0 Å². The van der Waals surface area contributed by atoms with Gasteiger partial charge in [-0.25, -0.2) is 0 Å². The number of nitrogens with one attached hydrogen (secondary N) is 1. The van der Waals surface area contributed by atoms with Gasteiger partial charge in [0.15, 0.2) is 0 Å². The monoisotopic (exact) mass is 370 g/mol. The highest BCUT2D eigenvalue weighted by Crippen LogP contribution is 2.42. The fourth-order valence-corrected chi connectivity index (χ4v) is 4.08. The molecule has 0 atom stereocenters. The Morgan fingerprint density at radius 2 is 2.04 bits per heavy atom. The summed E-state index contributed by atoms with van der Waals surface area (Å²) in [5, 5.41) is 4.35. The maximum Gasteiger partial charge on any atom is 0.119 e. The molecule has 26 heavy (non-hydrogen) atoms. The molecule has 0 radical (unpaired) electrons. The lowest BCUT2D eigenvalue weighted by Gasteiger charge is -2.42. The van der Waals surface area contributed by atoms with Crippen LogP contribution >= 0.6 is 11.6 Å². The number of halogens is 1. The zero-order valence-corrected chi connectivity index (χ0v) is 15.7. The van der Waals surface area contributed by atoms with Gasteiger partial charge in [-0.05, 0) is 60.7 Å². The van der Waals surface area contributed by atoms with E-state index in [1.54, 1.807) is 7.11 Å². The quantitative estimate of drug-likeness (QED) is 0.850. The van der Waals surface area contributed by atoms with Crippen LogP contribution in [0.2, 0.25) is 5.02 Å². The van der Waals surface area contributed by atoms with Crippen LogP contribution in [-0.2, 0) is 17.7 Å². The highest BCUT2D eigenvalue weighted by Gasteiger charge is 2.41. The number of nitrogens with zero attached hydrogens (tertiary/aromatic N) is 1. The summed E-state index contributed by atoms with van der Waals surface area (Å²) < 4.78 is 11.0. The molecule has 0 aromatic heterocycles. The summed E-state index contributed by atoms with van der Waals surface area (Å²) in [6, 6.07) is 14.1. The van der Waals surface area contributed by atoms with Crippen molar-refractivity contribution >= 4 is 23.1 Å². The van der Waals surface area contributed by atoms with Crippen molar-refractivity contribution in [1.29, 1.82) is 0 Å². The maximum absolute atomic E-state index is 6.11. The number of ether oxygens (including phenoxy) is 2. The second kappa shape index (κ2) is 7.29. The van der Waals surface area contributed by atoms with Crippen molar-refractivity contribution < 1.29 is 9.47 Å². The fraction of sp³-hybridized carbons (Fsp3) is 0.381. The van der Waals surface area contributed by atoms with E-state index in [0.29, 0.717) is 6.54 Å². The Hall–Kier alpha value is -2.04. The third-order valence-corrected chi connectivity index (χ3v) is 5.59. The van der Waals surface area contributed by atoms with E-state index in [4.69, 9.17) is 26.1 Å². The molecule has 0 saturated carbocycles. The molecule has 2 aromatic rings.